The van der Waals surface area contributed by atoms with Crippen LogP contribution in [0.3, 0.4) is 0 Å². The van der Waals surface area contributed by atoms with Crippen molar-refractivity contribution >= 4 is 15.7 Å². The molecule has 3 rings (SSSR count). The lowest BCUT2D eigenvalue weighted by atomic mass is 10.2. The first-order valence-electron chi connectivity index (χ1n) is 6.56. The van der Waals surface area contributed by atoms with E-state index in [4.69, 9.17) is 0 Å². The van der Waals surface area contributed by atoms with E-state index in [9.17, 15) is 18.5 Å². The van der Waals surface area contributed by atoms with Gasteiger partial charge in [0.25, 0.3) is 15.7 Å². The smallest absolute Gasteiger partial charge is 0.258 e. The predicted molar refractivity (Wildman–Crippen MR) is 79.3 cm³/mol. The molecule has 0 radical (unpaired) electrons. The Morgan fingerprint density at radius 2 is 1.73 bits per heavy atom. The van der Waals surface area contributed by atoms with Crippen LogP contribution in [0.15, 0.2) is 59.5 Å². The lowest BCUT2D eigenvalue weighted by molar-refractivity contribution is -0.384. The number of nitro benzene ring substituents is 1. The fourth-order valence-electron chi connectivity index (χ4n) is 2.15. The quantitative estimate of drug-likeness (QED) is 0.516. The molecule has 1 N–H and O–H groups in total. The Labute approximate surface area is 127 Å². The number of non-ortho nitro benzene ring substituents is 1. The first kappa shape index (κ1) is 14.6. The maximum atomic E-state index is 12.2. The van der Waals surface area contributed by atoms with Crippen molar-refractivity contribution in [3.63, 3.8) is 0 Å². The summed E-state index contributed by atoms with van der Waals surface area (Å²) in [6.45, 7) is 0.593. The van der Waals surface area contributed by atoms with Crippen LogP contribution in [0.25, 0.3) is 0 Å². The maximum absolute atomic E-state index is 12.2. The zero-order valence-electron chi connectivity index (χ0n) is 11.4. The molecule has 0 aromatic heterocycles. The molecule has 7 nitrogen and oxygen atoms in total. The SMILES string of the molecule is O=[N+]([O-])c1ccc(S(=O)(=O)NN2CC2c2ccccc2)cc1. The number of rotatable bonds is 5. The van der Waals surface area contributed by atoms with Crippen molar-refractivity contribution in [2.45, 2.75) is 10.9 Å². The Kier molecular flexibility index (Phi) is 3.65. The van der Waals surface area contributed by atoms with Crippen LogP contribution in [0.1, 0.15) is 11.6 Å². The monoisotopic (exact) mass is 319 g/mol. The summed E-state index contributed by atoms with van der Waals surface area (Å²) in [5.41, 5.74) is 0.890. The Balaban J connectivity index is 1.71. The van der Waals surface area contributed by atoms with Gasteiger partial charge in [0.05, 0.1) is 15.9 Å². The molecule has 0 bridgehead atoms. The highest BCUT2D eigenvalue weighted by Crippen LogP contribution is 2.33. The summed E-state index contributed by atoms with van der Waals surface area (Å²) in [5, 5.41) is 12.2. The Morgan fingerprint density at radius 3 is 2.32 bits per heavy atom. The van der Waals surface area contributed by atoms with Gasteiger partial charge in [0.1, 0.15) is 0 Å². The van der Waals surface area contributed by atoms with Gasteiger partial charge in [0, 0.05) is 18.7 Å². The highest BCUT2D eigenvalue weighted by molar-refractivity contribution is 7.89. The summed E-state index contributed by atoms with van der Waals surface area (Å²) in [6.07, 6.45) is 0. The molecule has 0 saturated carbocycles. The van der Waals surface area contributed by atoms with E-state index in [0.717, 1.165) is 5.56 Å². The van der Waals surface area contributed by atoms with Crippen LogP contribution in [-0.2, 0) is 10.0 Å². The molecule has 8 heteroatoms. The van der Waals surface area contributed by atoms with E-state index >= 15 is 0 Å². The van der Waals surface area contributed by atoms with Crippen LogP contribution in [0.5, 0.6) is 0 Å². The van der Waals surface area contributed by atoms with Gasteiger partial charge in [-0.2, -0.15) is 0 Å². The van der Waals surface area contributed by atoms with E-state index in [-0.39, 0.29) is 16.6 Å². The van der Waals surface area contributed by atoms with Gasteiger partial charge in [-0.15, -0.1) is 4.83 Å². The van der Waals surface area contributed by atoms with Gasteiger partial charge < -0.3 is 0 Å². The molecule has 2 aromatic carbocycles. The highest BCUT2D eigenvalue weighted by atomic mass is 32.2. The Morgan fingerprint density at radius 1 is 1.09 bits per heavy atom. The van der Waals surface area contributed by atoms with Crippen molar-refractivity contribution < 1.29 is 13.3 Å². The summed E-state index contributed by atoms with van der Waals surface area (Å²) >= 11 is 0. The van der Waals surface area contributed by atoms with Crippen LogP contribution in [0, 0.1) is 10.1 Å². The fourth-order valence-corrected chi connectivity index (χ4v) is 3.26. The molecule has 1 heterocycles. The second kappa shape index (κ2) is 5.48. The van der Waals surface area contributed by atoms with E-state index < -0.39 is 14.9 Å². The second-order valence-corrected chi connectivity index (χ2v) is 6.59. The van der Waals surface area contributed by atoms with Crippen LogP contribution in [-0.4, -0.2) is 24.9 Å². The third-order valence-corrected chi connectivity index (χ3v) is 4.76. The highest BCUT2D eigenvalue weighted by Gasteiger charge is 2.38. The minimum Gasteiger partial charge on any atom is -0.258 e. The molecule has 2 atom stereocenters. The third-order valence-electron chi connectivity index (χ3n) is 3.39. The third kappa shape index (κ3) is 2.98. The molecule has 0 aliphatic carbocycles. The van der Waals surface area contributed by atoms with E-state index in [1.54, 1.807) is 5.01 Å². The van der Waals surface area contributed by atoms with Crippen molar-refractivity contribution in [1.29, 1.82) is 0 Å². The van der Waals surface area contributed by atoms with Gasteiger partial charge in [-0.3, -0.25) is 10.1 Å². The normalized spacial score (nSPS) is 20.5. The first-order chi connectivity index (χ1) is 10.5. The summed E-state index contributed by atoms with van der Waals surface area (Å²) < 4.78 is 24.4. The molecule has 2 aromatic rings. The molecule has 0 spiro atoms. The molecule has 1 fully saturated rings. The standard InChI is InChI=1S/C14H13N3O4S/c18-17(19)12-6-8-13(9-7-12)22(20,21)15-16-10-14(16)11-4-2-1-3-5-11/h1-9,14-15H,10H2. The van der Waals surface area contributed by atoms with Gasteiger partial charge in [0.15, 0.2) is 0 Å². The number of sulfonamides is 1. The number of hydrogen-bond donors (Lipinski definition) is 1. The Hall–Kier alpha value is -2.29. The summed E-state index contributed by atoms with van der Waals surface area (Å²) in [5.74, 6) is 0. The van der Waals surface area contributed by atoms with Crippen LogP contribution in [0.2, 0.25) is 0 Å². The molecule has 2 unspecified atom stereocenters. The number of hydrazine groups is 1. The lowest BCUT2D eigenvalue weighted by Crippen LogP contribution is -2.29. The van der Waals surface area contributed by atoms with Gasteiger partial charge in [-0.05, 0) is 17.7 Å². The average molecular weight is 319 g/mol. The minimum absolute atomic E-state index is 0.00295. The van der Waals surface area contributed by atoms with Crippen molar-refractivity contribution in [2.24, 2.45) is 0 Å². The van der Waals surface area contributed by atoms with Crippen LogP contribution < -0.4 is 4.83 Å². The molecule has 22 heavy (non-hydrogen) atoms. The van der Waals surface area contributed by atoms with Crippen molar-refractivity contribution in [3.05, 3.63) is 70.3 Å². The van der Waals surface area contributed by atoms with Crippen LogP contribution in [0.4, 0.5) is 5.69 Å². The molecular formula is C14H13N3O4S. The van der Waals surface area contributed by atoms with E-state index in [1.165, 1.54) is 24.3 Å². The summed E-state index contributed by atoms with van der Waals surface area (Å²) in [6, 6.07) is 14.4. The van der Waals surface area contributed by atoms with Crippen LogP contribution >= 0.6 is 0 Å². The number of nitrogens with zero attached hydrogens (tertiary/aromatic N) is 2. The first-order valence-corrected chi connectivity index (χ1v) is 8.04. The predicted octanol–water partition coefficient (Wildman–Crippen LogP) is 1.85. The van der Waals surface area contributed by atoms with E-state index in [0.29, 0.717) is 6.54 Å². The minimum atomic E-state index is -3.73. The number of benzene rings is 2. The topological polar surface area (TPSA) is 92.3 Å². The van der Waals surface area contributed by atoms with Crippen molar-refractivity contribution in [2.75, 3.05) is 6.54 Å². The number of nitrogens with one attached hydrogen (secondary N) is 1. The zero-order valence-corrected chi connectivity index (χ0v) is 12.2. The van der Waals surface area contributed by atoms with Gasteiger partial charge in [-0.1, -0.05) is 30.3 Å². The second-order valence-electron chi connectivity index (χ2n) is 4.92. The maximum Gasteiger partial charge on any atom is 0.269 e. The van der Waals surface area contributed by atoms with E-state index in [2.05, 4.69) is 4.83 Å². The zero-order chi connectivity index (χ0) is 15.7. The molecule has 1 aliphatic rings. The van der Waals surface area contributed by atoms with Gasteiger partial charge >= 0.3 is 0 Å². The average Bonchev–Trinajstić information content (AvgIpc) is 3.26. The molecular weight excluding hydrogens is 306 g/mol. The fraction of sp³-hybridized carbons (Fsp3) is 0.143. The molecule has 1 saturated heterocycles. The van der Waals surface area contributed by atoms with Gasteiger partial charge in [0.2, 0.25) is 0 Å². The Bertz CT molecular complexity index is 791. The lowest BCUT2D eigenvalue weighted by Gasteiger charge is -2.08. The molecule has 0 amide bonds. The van der Waals surface area contributed by atoms with Crippen molar-refractivity contribution in [1.82, 2.24) is 9.84 Å². The summed E-state index contributed by atoms with van der Waals surface area (Å²) in [4.78, 5) is 12.5. The van der Waals surface area contributed by atoms with E-state index in [1.807, 2.05) is 30.3 Å². The number of nitro groups is 1. The van der Waals surface area contributed by atoms with Crippen molar-refractivity contribution in [3.8, 4) is 0 Å². The number of hydrogen-bond acceptors (Lipinski definition) is 5. The molecule has 114 valence electrons. The molecule has 1 aliphatic heterocycles. The largest absolute Gasteiger partial charge is 0.269 e. The summed E-state index contributed by atoms with van der Waals surface area (Å²) in [7, 11) is -3.73. The van der Waals surface area contributed by atoms with Gasteiger partial charge in [-0.25, -0.2) is 13.4 Å².